The van der Waals surface area contributed by atoms with Crippen molar-refractivity contribution < 1.29 is 4.74 Å². The summed E-state index contributed by atoms with van der Waals surface area (Å²) in [6.07, 6.45) is 3.60. The molecule has 0 radical (unpaired) electrons. The van der Waals surface area contributed by atoms with E-state index < -0.39 is 0 Å². The standard InChI is InChI=1S/C20H34N4O.HI/c1-5-21-20(23-14-15-24(16(2)3)18-10-11-18)22-13-12-17-8-6-7-9-19(17)25-4;/h6-9,16,18H,5,10-15H2,1-4H3,(H2,21,22,23);1H. The predicted octanol–water partition coefficient (Wildman–Crippen LogP) is 3.28. The van der Waals surface area contributed by atoms with Gasteiger partial charge in [0.15, 0.2) is 5.96 Å². The third kappa shape index (κ3) is 7.70. The molecule has 0 amide bonds. The van der Waals surface area contributed by atoms with Gasteiger partial charge in [-0.15, -0.1) is 24.0 Å². The average molecular weight is 474 g/mol. The first-order chi connectivity index (χ1) is 12.2. The summed E-state index contributed by atoms with van der Waals surface area (Å²) in [6.45, 7) is 10.2. The zero-order valence-electron chi connectivity index (χ0n) is 16.6. The minimum absolute atomic E-state index is 0. The van der Waals surface area contributed by atoms with Crippen LogP contribution in [0, 0.1) is 0 Å². The van der Waals surface area contributed by atoms with E-state index in [9.17, 15) is 0 Å². The molecule has 1 aromatic carbocycles. The van der Waals surface area contributed by atoms with E-state index in [-0.39, 0.29) is 24.0 Å². The summed E-state index contributed by atoms with van der Waals surface area (Å²) in [7, 11) is 1.72. The topological polar surface area (TPSA) is 48.9 Å². The van der Waals surface area contributed by atoms with Crippen molar-refractivity contribution in [3.8, 4) is 5.75 Å². The monoisotopic (exact) mass is 474 g/mol. The fraction of sp³-hybridized carbons (Fsp3) is 0.650. The summed E-state index contributed by atoms with van der Waals surface area (Å²) in [6, 6.07) is 9.56. The molecular formula is C20H35IN4O. The van der Waals surface area contributed by atoms with Gasteiger partial charge in [0.2, 0.25) is 0 Å². The maximum atomic E-state index is 5.41. The van der Waals surface area contributed by atoms with Crippen LogP contribution < -0.4 is 15.4 Å². The Labute approximate surface area is 176 Å². The second-order valence-electron chi connectivity index (χ2n) is 6.81. The normalized spacial score (nSPS) is 14.3. The van der Waals surface area contributed by atoms with Crippen molar-refractivity contribution in [2.75, 3.05) is 33.3 Å². The Hall–Kier alpha value is -1.02. The third-order valence-corrected chi connectivity index (χ3v) is 4.53. The van der Waals surface area contributed by atoms with E-state index >= 15 is 0 Å². The minimum Gasteiger partial charge on any atom is -0.496 e. The van der Waals surface area contributed by atoms with Gasteiger partial charge in [-0.2, -0.15) is 0 Å². The van der Waals surface area contributed by atoms with Gasteiger partial charge in [0.05, 0.1) is 13.7 Å². The van der Waals surface area contributed by atoms with E-state index in [1.54, 1.807) is 7.11 Å². The van der Waals surface area contributed by atoms with Crippen molar-refractivity contribution in [1.29, 1.82) is 0 Å². The van der Waals surface area contributed by atoms with Crippen LogP contribution in [-0.2, 0) is 6.42 Å². The van der Waals surface area contributed by atoms with Crippen LogP contribution in [0.3, 0.4) is 0 Å². The van der Waals surface area contributed by atoms with Crippen LogP contribution in [0.4, 0.5) is 0 Å². The lowest BCUT2D eigenvalue weighted by Crippen LogP contribution is -2.40. The van der Waals surface area contributed by atoms with E-state index in [0.717, 1.165) is 50.4 Å². The van der Waals surface area contributed by atoms with E-state index in [1.807, 2.05) is 12.1 Å². The molecule has 148 valence electrons. The quantitative estimate of drug-likeness (QED) is 0.311. The van der Waals surface area contributed by atoms with Crippen molar-refractivity contribution >= 4 is 29.9 Å². The van der Waals surface area contributed by atoms with Crippen LogP contribution in [0.2, 0.25) is 0 Å². The zero-order valence-corrected chi connectivity index (χ0v) is 19.0. The molecule has 0 aliphatic heterocycles. The van der Waals surface area contributed by atoms with Gasteiger partial charge in [0.1, 0.15) is 5.75 Å². The number of ether oxygens (including phenoxy) is 1. The van der Waals surface area contributed by atoms with Gasteiger partial charge < -0.3 is 15.4 Å². The Balaban J connectivity index is 0.00000338. The minimum atomic E-state index is 0. The lowest BCUT2D eigenvalue weighted by atomic mass is 10.1. The van der Waals surface area contributed by atoms with Crippen molar-refractivity contribution in [1.82, 2.24) is 15.5 Å². The Morgan fingerprint density at radius 3 is 2.62 bits per heavy atom. The second kappa shape index (κ2) is 12.4. The van der Waals surface area contributed by atoms with E-state index in [0.29, 0.717) is 6.04 Å². The molecule has 1 aliphatic rings. The third-order valence-electron chi connectivity index (χ3n) is 4.53. The first-order valence-corrected chi connectivity index (χ1v) is 9.55. The molecule has 6 heteroatoms. The molecule has 1 aromatic rings. The Bertz CT molecular complexity index is 544. The number of methoxy groups -OCH3 is 1. The fourth-order valence-corrected chi connectivity index (χ4v) is 3.11. The Kier molecular flexibility index (Phi) is 11.0. The summed E-state index contributed by atoms with van der Waals surface area (Å²) in [4.78, 5) is 7.31. The molecule has 0 bridgehead atoms. The van der Waals surface area contributed by atoms with E-state index in [1.165, 1.54) is 18.4 Å². The molecule has 0 unspecified atom stereocenters. The highest BCUT2D eigenvalue weighted by molar-refractivity contribution is 14.0. The number of aliphatic imine (C=N–C) groups is 1. The molecule has 5 nitrogen and oxygen atoms in total. The van der Waals surface area contributed by atoms with Crippen LogP contribution in [0.1, 0.15) is 39.2 Å². The number of nitrogens with zero attached hydrogens (tertiary/aromatic N) is 2. The predicted molar refractivity (Wildman–Crippen MR) is 121 cm³/mol. The number of guanidine groups is 1. The van der Waals surface area contributed by atoms with Crippen molar-refractivity contribution in [2.45, 2.75) is 52.1 Å². The summed E-state index contributed by atoms with van der Waals surface area (Å²) in [5.41, 5.74) is 1.22. The molecule has 1 saturated carbocycles. The second-order valence-corrected chi connectivity index (χ2v) is 6.81. The number of halogens is 1. The SMILES string of the molecule is CCNC(=NCCN(C(C)C)C1CC1)NCCc1ccccc1OC.I. The van der Waals surface area contributed by atoms with Gasteiger partial charge in [0, 0.05) is 31.7 Å². The number of hydrogen-bond donors (Lipinski definition) is 2. The molecule has 26 heavy (non-hydrogen) atoms. The molecular weight excluding hydrogens is 439 g/mol. The number of hydrogen-bond acceptors (Lipinski definition) is 3. The lowest BCUT2D eigenvalue weighted by Gasteiger charge is -2.25. The number of benzene rings is 1. The van der Waals surface area contributed by atoms with Crippen molar-refractivity contribution in [2.24, 2.45) is 4.99 Å². The van der Waals surface area contributed by atoms with E-state index in [2.05, 4.69) is 48.4 Å². The molecule has 0 aromatic heterocycles. The maximum absolute atomic E-state index is 5.41. The summed E-state index contributed by atoms with van der Waals surface area (Å²) in [5, 5.41) is 6.77. The van der Waals surface area contributed by atoms with Gasteiger partial charge in [-0.25, -0.2) is 0 Å². The number of rotatable bonds is 10. The van der Waals surface area contributed by atoms with Crippen molar-refractivity contribution in [3.63, 3.8) is 0 Å². The molecule has 2 rings (SSSR count). The average Bonchev–Trinajstić information content (AvgIpc) is 3.43. The number of para-hydroxylation sites is 1. The molecule has 0 atom stereocenters. The summed E-state index contributed by atoms with van der Waals surface area (Å²) in [5.74, 6) is 1.85. The molecule has 0 heterocycles. The van der Waals surface area contributed by atoms with Crippen molar-refractivity contribution in [3.05, 3.63) is 29.8 Å². The first-order valence-electron chi connectivity index (χ1n) is 9.55. The smallest absolute Gasteiger partial charge is 0.191 e. The van der Waals surface area contributed by atoms with Gasteiger partial charge in [0.25, 0.3) is 0 Å². The largest absolute Gasteiger partial charge is 0.496 e. The molecule has 2 N–H and O–H groups in total. The highest BCUT2D eigenvalue weighted by Gasteiger charge is 2.29. The maximum Gasteiger partial charge on any atom is 0.191 e. The fourth-order valence-electron chi connectivity index (χ4n) is 3.11. The first kappa shape index (κ1) is 23.0. The molecule has 0 spiro atoms. The highest BCUT2D eigenvalue weighted by atomic mass is 127. The Morgan fingerprint density at radius 1 is 1.27 bits per heavy atom. The molecule has 0 saturated heterocycles. The van der Waals surface area contributed by atoms with Gasteiger partial charge >= 0.3 is 0 Å². The van der Waals surface area contributed by atoms with Crippen LogP contribution in [-0.4, -0.2) is 56.2 Å². The molecule has 1 aliphatic carbocycles. The van der Waals surface area contributed by atoms with Gasteiger partial charge in [-0.3, -0.25) is 9.89 Å². The zero-order chi connectivity index (χ0) is 18.1. The van der Waals surface area contributed by atoms with Crippen LogP contribution >= 0.6 is 24.0 Å². The van der Waals surface area contributed by atoms with Gasteiger partial charge in [-0.1, -0.05) is 18.2 Å². The summed E-state index contributed by atoms with van der Waals surface area (Å²) >= 11 is 0. The van der Waals surface area contributed by atoms with Gasteiger partial charge in [-0.05, 0) is 51.7 Å². The number of nitrogens with one attached hydrogen (secondary N) is 2. The summed E-state index contributed by atoms with van der Waals surface area (Å²) < 4.78 is 5.41. The van der Waals surface area contributed by atoms with Crippen LogP contribution in [0.5, 0.6) is 5.75 Å². The van der Waals surface area contributed by atoms with Crippen LogP contribution in [0.15, 0.2) is 29.3 Å². The Morgan fingerprint density at radius 2 is 2.00 bits per heavy atom. The lowest BCUT2D eigenvalue weighted by molar-refractivity contribution is 0.218. The molecule has 1 fully saturated rings. The van der Waals surface area contributed by atoms with Crippen LogP contribution in [0.25, 0.3) is 0 Å². The van der Waals surface area contributed by atoms with E-state index in [4.69, 9.17) is 9.73 Å². The highest BCUT2D eigenvalue weighted by Crippen LogP contribution is 2.28.